The molecule has 0 aliphatic carbocycles. The number of carbonyl (C=O) groups excluding carboxylic acids is 1. The topological polar surface area (TPSA) is 158 Å². The summed E-state index contributed by atoms with van der Waals surface area (Å²) in [5, 5.41) is 17.2. The molecule has 0 radical (unpaired) electrons. The number of carboxylic acid groups (broad SMARTS) is 1. The van der Waals surface area contributed by atoms with E-state index in [1.54, 1.807) is 24.3 Å². The summed E-state index contributed by atoms with van der Waals surface area (Å²) in [6, 6.07) is 13.6. The van der Waals surface area contributed by atoms with Gasteiger partial charge in [-0.3, -0.25) is 9.11 Å². The molecule has 0 saturated heterocycles. The third-order valence-electron chi connectivity index (χ3n) is 5.97. The molecule has 2 rings (SSSR count). The van der Waals surface area contributed by atoms with Crippen LogP contribution < -0.4 is 0 Å². The normalized spacial score (nSPS) is 11.7. The van der Waals surface area contributed by atoms with Crippen molar-refractivity contribution in [3.05, 3.63) is 59.7 Å². The molecule has 0 aliphatic heterocycles. The number of ether oxygens (including phenoxy) is 1. The predicted molar refractivity (Wildman–Crippen MR) is 175 cm³/mol. The summed E-state index contributed by atoms with van der Waals surface area (Å²) in [6.07, 6.45) is 9.40. The molecule has 4 N–H and O–H groups in total. The van der Waals surface area contributed by atoms with Crippen molar-refractivity contribution in [1.29, 1.82) is 0 Å². The van der Waals surface area contributed by atoms with E-state index in [-0.39, 0.29) is 13.0 Å². The number of aromatic carboxylic acids is 1. The van der Waals surface area contributed by atoms with Gasteiger partial charge in [-0.05, 0) is 61.1 Å². The average Bonchev–Trinajstić information content (AvgIpc) is 2.93. The second-order valence-corrected chi connectivity index (χ2v) is 11.4. The number of esters is 1. The molecule has 0 bridgehead atoms. The Morgan fingerprint density at radius 1 is 0.833 bits per heavy atom. The van der Waals surface area contributed by atoms with Crippen LogP contribution in [0.3, 0.4) is 0 Å². The third kappa shape index (κ3) is 25.6. The summed E-state index contributed by atoms with van der Waals surface area (Å²) in [6.45, 7) is 9.53. The van der Waals surface area contributed by atoms with Crippen LogP contribution in [0, 0.1) is 11.8 Å². The van der Waals surface area contributed by atoms with Crippen LogP contribution in [0.25, 0.3) is 0 Å². The minimum Gasteiger partial charge on any atom is -0.478 e. The monoisotopic (exact) mass is 651 g/mol. The zero-order chi connectivity index (χ0) is 32.6. The maximum atomic E-state index is 11.8. The summed E-state index contributed by atoms with van der Waals surface area (Å²) >= 11 is 8.20. The number of aliphatic hydroxyl groups excluding tert-OH is 1. The van der Waals surface area contributed by atoms with Gasteiger partial charge in [-0.25, -0.2) is 9.59 Å². The van der Waals surface area contributed by atoms with Crippen molar-refractivity contribution in [1.82, 2.24) is 0 Å². The number of rotatable bonds is 13. The molecule has 0 spiro atoms. The van der Waals surface area contributed by atoms with Crippen molar-refractivity contribution in [2.24, 2.45) is 11.8 Å². The Bertz CT molecular complexity index is 1100. The number of carbonyl (C=O) groups is 2. The van der Waals surface area contributed by atoms with Gasteiger partial charge < -0.3 is 14.9 Å². The Kier molecular flexibility index (Phi) is 25.4. The van der Waals surface area contributed by atoms with E-state index in [0.29, 0.717) is 35.5 Å². The first-order valence-electron chi connectivity index (χ1n) is 14.0. The molecule has 12 heteroatoms. The van der Waals surface area contributed by atoms with Crippen molar-refractivity contribution < 1.29 is 43.5 Å². The van der Waals surface area contributed by atoms with Gasteiger partial charge in [0.2, 0.25) is 0 Å². The van der Waals surface area contributed by atoms with Crippen molar-refractivity contribution in [3.8, 4) is 0 Å². The second-order valence-electron chi connectivity index (χ2n) is 9.47. The molecule has 242 valence electrons. The fourth-order valence-corrected chi connectivity index (χ4v) is 3.81. The number of benzene rings is 2. The Labute approximate surface area is 264 Å². The highest BCUT2D eigenvalue weighted by atomic mass is 32.3. The summed E-state index contributed by atoms with van der Waals surface area (Å²) in [5.41, 5.74) is 0.848. The Hall–Kier alpha value is -2.09. The summed E-state index contributed by atoms with van der Waals surface area (Å²) < 4.78 is 36.9. The second kappa shape index (κ2) is 25.4. The van der Waals surface area contributed by atoms with E-state index < -0.39 is 16.4 Å². The Morgan fingerprint density at radius 3 is 1.62 bits per heavy atom. The van der Waals surface area contributed by atoms with Crippen molar-refractivity contribution >= 4 is 47.6 Å². The van der Waals surface area contributed by atoms with Crippen LogP contribution in [0.2, 0.25) is 0 Å². The molecule has 0 aliphatic rings. The molecule has 0 fully saturated rings. The minimum absolute atomic E-state index is 0. The number of unbranched alkanes of at least 4 members (excludes halogenated alkanes) is 2. The molecule has 42 heavy (non-hydrogen) atoms. The van der Waals surface area contributed by atoms with E-state index in [1.807, 2.05) is 12.1 Å². The highest BCUT2D eigenvalue weighted by Gasteiger charge is 2.12. The van der Waals surface area contributed by atoms with Crippen LogP contribution in [0.15, 0.2) is 58.3 Å². The van der Waals surface area contributed by atoms with Gasteiger partial charge in [0, 0.05) is 17.8 Å². The third-order valence-corrected chi connectivity index (χ3v) is 6.53. The molecule has 2 aromatic rings. The van der Waals surface area contributed by atoms with Crippen LogP contribution in [-0.4, -0.2) is 52.9 Å². The van der Waals surface area contributed by atoms with Crippen molar-refractivity contribution in [2.75, 3.05) is 13.2 Å². The lowest BCUT2D eigenvalue weighted by Crippen LogP contribution is -2.14. The van der Waals surface area contributed by atoms with Crippen molar-refractivity contribution in [2.45, 2.75) is 88.9 Å². The maximum Gasteiger partial charge on any atom is 0.394 e. The Balaban J connectivity index is -0.000000545. The van der Waals surface area contributed by atoms with Gasteiger partial charge in [0.15, 0.2) is 0 Å². The fourth-order valence-electron chi connectivity index (χ4n) is 3.36. The highest BCUT2D eigenvalue weighted by Crippen LogP contribution is 2.15. The maximum absolute atomic E-state index is 11.8. The van der Waals surface area contributed by atoms with E-state index >= 15 is 0 Å². The summed E-state index contributed by atoms with van der Waals surface area (Å²) in [5.74, 6) is -0.130. The molecule has 2 atom stereocenters. The van der Waals surface area contributed by atoms with Crippen LogP contribution in [0.1, 0.15) is 101 Å². The first-order chi connectivity index (χ1) is 19.7. The molecule has 0 heterocycles. The first kappa shape index (κ1) is 42.0. The molecule has 2 aromatic carbocycles. The van der Waals surface area contributed by atoms with E-state index in [4.69, 9.17) is 32.5 Å². The zero-order valence-electron chi connectivity index (χ0n) is 25.0. The molecule has 0 amide bonds. The van der Waals surface area contributed by atoms with Gasteiger partial charge in [-0.2, -0.15) is 8.42 Å². The summed E-state index contributed by atoms with van der Waals surface area (Å²) in [7, 11) is -4.67. The molecule has 0 saturated carbocycles. The van der Waals surface area contributed by atoms with Gasteiger partial charge in [0.1, 0.15) is 0 Å². The Morgan fingerprint density at radius 2 is 1.26 bits per heavy atom. The minimum atomic E-state index is -4.67. The van der Waals surface area contributed by atoms with Gasteiger partial charge >= 0.3 is 22.3 Å². The molecular formula is C30H50O9S3. The number of carboxylic acids is 1. The smallest absolute Gasteiger partial charge is 0.394 e. The fraction of sp³-hybridized carbons (Fsp3) is 0.533. The van der Waals surface area contributed by atoms with Gasteiger partial charge in [0.05, 0.1) is 17.7 Å². The van der Waals surface area contributed by atoms with Gasteiger partial charge in [-0.15, -0.1) is 25.3 Å². The lowest BCUT2D eigenvalue weighted by Gasteiger charge is -2.14. The van der Waals surface area contributed by atoms with Crippen LogP contribution in [-0.2, 0) is 15.1 Å². The lowest BCUT2D eigenvalue weighted by molar-refractivity contribution is 0.0427. The van der Waals surface area contributed by atoms with E-state index in [0.717, 1.165) is 24.2 Å². The number of aliphatic hydroxyl groups is 1. The molecular weight excluding hydrogens is 601 g/mol. The number of thiol groups is 2. The summed E-state index contributed by atoms with van der Waals surface area (Å²) in [4.78, 5) is 23.6. The highest BCUT2D eigenvalue weighted by molar-refractivity contribution is 7.80. The molecule has 0 aromatic heterocycles. The SMILES string of the molecule is CCCCC(CC)CO.CCCCC(CC)COC(=O)c1cccc(S)c1.O=C(O)c1cccc(S)c1.O=S(=O)(O)O.[2HH]. The van der Waals surface area contributed by atoms with Crippen LogP contribution >= 0.6 is 25.3 Å². The zero-order valence-corrected chi connectivity index (χ0v) is 27.6. The first-order valence-corrected chi connectivity index (χ1v) is 16.3. The van der Waals surface area contributed by atoms with Gasteiger partial charge in [-0.1, -0.05) is 78.4 Å². The van der Waals surface area contributed by atoms with E-state index in [1.165, 1.54) is 44.2 Å². The number of hydrogen-bond donors (Lipinski definition) is 6. The van der Waals surface area contributed by atoms with E-state index in [9.17, 15) is 9.59 Å². The molecule has 9 nitrogen and oxygen atoms in total. The van der Waals surface area contributed by atoms with Crippen LogP contribution in [0.5, 0.6) is 0 Å². The largest absolute Gasteiger partial charge is 0.478 e. The van der Waals surface area contributed by atoms with Gasteiger partial charge in [0.25, 0.3) is 0 Å². The van der Waals surface area contributed by atoms with Crippen molar-refractivity contribution in [3.63, 3.8) is 0 Å². The van der Waals surface area contributed by atoms with Crippen LogP contribution in [0.4, 0.5) is 0 Å². The quantitative estimate of drug-likeness (QED) is 0.0721. The molecule has 2 unspecified atom stereocenters. The average molecular weight is 652 g/mol. The standard InChI is InChI=1S/C15H22O2S.C8H18O.C7H6O2S.H2O4S.H2/c1-3-5-7-12(4-2)11-17-15(16)13-8-6-9-14(18)10-13;1-3-5-6-8(4-2)7-9;8-7(9)5-2-1-3-6(10)4-5;1-5(2,3)4;/h6,8-10,12,18H,3-5,7,11H2,1-2H3;8-9H,3-7H2,1-2H3;1-4,10H,(H,8,9);(H2,1,2,3,4);1H/i;;;;1+1. The lowest BCUT2D eigenvalue weighted by atomic mass is 10.0. The number of hydrogen-bond acceptors (Lipinski definition) is 8. The van der Waals surface area contributed by atoms with E-state index in [2.05, 4.69) is 53.0 Å². The predicted octanol–water partition coefficient (Wildman–Crippen LogP) is 7.81.